The minimum Gasteiger partial charge on any atom is -0.353 e. The molecule has 0 spiro atoms. The van der Waals surface area contributed by atoms with E-state index >= 15 is 0 Å². The van der Waals surface area contributed by atoms with Crippen molar-refractivity contribution in [3.63, 3.8) is 0 Å². The molecule has 0 bridgehead atoms. The average Bonchev–Trinajstić information content (AvgIpc) is 2.63. The second-order valence-electron chi connectivity index (χ2n) is 5.94. The summed E-state index contributed by atoms with van der Waals surface area (Å²) >= 11 is 0. The van der Waals surface area contributed by atoms with E-state index in [2.05, 4.69) is 4.98 Å². The van der Waals surface area contributed by atoms with Crippen LogP contribution in [0.1, 0.15) is 5.56 Å². The smallest absolute Gasteiger partial charge is 0.353 e. The zero-order valence-electron chi connectivity index (χ0n) is 13.8. The Kier molecular flexibility index (Phi) is 4.97. The predicted octanol–water partition coefficient (Wildman–Crippen LogP) is 1.61. The van der Waals surface area contributed by atoms with Crippen LogP contribution < -0.4 is 10.5 Å². The molecule has 0 aliphatic carbocycles. The summed E-state index contributed by atoms with van der Waals surface area (Å²) < 4.78 is 39.1. The van der Waals surface area contributed by atoms with Crippen LogP contribution >= 0.6 is 0 Å². The van der Waals surface area contributed by atoms with Gasteiger partial charge in [-0.1, -0.05) is 6.07 Å². The number of halogens is 3. The van der Waals surface area contributed by atoms with Gasteiger partial charge in [0.15, 0.2) is 0 Å². The van der Waals surface area contributed by atoms with E-state index in [9.17, 15) is 22.8 Å². The Balaban J connectivity index is 1.64. The third kappa shape index (κ3) is 4.04. The summed E-state index contributed by atoms with van der Waals surface area (Å²) in [6, 6.07) is 7.11. The first-order chi connectivity index (χ1) is 12.3. The summed E-state index contributed by atoms with van der Waals surface area (Å²) in [5, 5.41) is 0. The van der Waals surface area contributed by atoms with Gasteiger partial charge in [-0.15, -0.1) is 0 Å². The molecule has 0 radical (unpaired) electrons. The molecule has 1 fully saturated rings. The number of aromatic nitrogens is 2. The average molecular weight is 366 g/mol. The molecule has 2 aromatic heterocycles. The fraction of sp³-hybridized carbons (Fsp3) is 0.353. The van der Waals surface area contributed by atoms with Gasteiger partial charge in [0.1, 0.15) is 12.4 Å². The topological polar surface area (TPSA) is 58.4 Å². The highest BCUT2D eigenvalue weighted by atomic mass is 19.4. The van der Waals surface area contributed by atoms with Crippen molar-refractivity contribution in [2.75, 3.05) is 31.1 Å². The molecule has 26 heavy (non-hydrogen) atoms. The van der Waals surface area contributed by atoms with Crippen molar-refractivity contribution in [3.8, 4) is 0 Å². The van der Waals surface area contributed by atoms with Crippen molar-refractivity contribution in [3.05, 3.63) is 58.6 Å². The largest absolute Gasteiger partial charge is 0.417 e. The Morgan fingerprint density at radius 3 is 2.42 bits per heavy atom. The monoisotopic (exact) mass is 366 g/mol. The first kappa shape index (κ1) is 18.0. The van der Waals surface area contributed by atoms with E-state index in [0.717, 1.165) is 22.5 Å². The summed E-state index contributed by atoms with van der Waals surface area (Å²) in [6.07, 6.45) is -2.19. The zero-order valence-corrected chi connectivity index (χ0v) is 13.8. The van der Waals surface area contributed by atoms with Crippen molar-refractivity contribution in [1.82, 2.24) is 14.5 Å². The molecule has 0 unspecified atom stereocenters. The molecule has 1 amide bonds. The number of rotatable bonds is 3. The van der Waals surface area contributed by atoms with Gasteiger partial charge in [0.05, 0.1) is 5.56 Å². The number of pyridine rings is 2. The lowest BCUT2D eigenvalue weighted by atomic mass is 10.2. The van der Waals surface area contributed by atoms with E-state index in [-0.39, 0.29) is 5.91 Å². The van der Waals surface area contributed by atoms with Crippen molar-refractivity contribution in [2.45, 2.75) is 12.7 Å². The second kappa shape index (κ2) is 7.19. The molecule has 3 rings (SSSR count). The summed E-state index contributed by atoms with van der Waals surface area (Å²) in [5.41, 5.74) is -1.59. The Hall–Kier alpha value is -2.84. The Morgan fingerprint density at radius 1 is 1.08 bits per heavy atom. The van der Waals surface area contributed by atoms with Crippen LogP contribution in [0.25, 0.3) is 0 Å². The van der Waals surface area contributed by atoms with Crippen molar-refractivity contribution in [1.29, 1.82) is 0 Å². The normalized spacial score (nSPS) is 15.2. The van der Waals surface area contributed by atoms with Gasteiger partial charge in [-0.25, -0.2) is 4.98 Å². The Morgan fingerprint density at radius 2 is 1.81 bits per heavy atom. The zero-order chi connectivity index (χ0) is 18.7. The van der Waals surface area contributed by atoms with Crippen LogP contribution in [0, 0.1) is 0 Å². The molecule has 0 atom stereocenters. The van der Waals surface area contributed by atoms with Gasteiger partial charge in [-0.05, 0) is 18.2 Å². The number of amides is 1. The van der Waals surface area contributed by atoms with Crippen LogP contribution in [0.2, 0.25) is 0 Å². The van der Waals surface area contributed by atoms with Crippen LogP contribution in [0.3, 0.4) is 0 Å². The molecule has 3 heterocycles. The molecular formula is C17H17F3N4O2. The van der Waals surface area contributed by atoms with Crippen LogP contribution in [-0.4, -0.2) is 46.5 Å². The quantitative estimate of drug-likeness (QED) is 0.828. The highest BCUT2D eigenvalue weighted by Crippen LogP contribution is 2.28. The number of piperazine rings is 1. The van der Waals surface area contributed by atoms with E-state index in [1.807, 2.05) is 23.1 Å². The molecule has 1 aliphatic rings. The van der Waals surface area contributed by atoms with E-state index in [0.29, 0.717) is 32.4 Å². The van der Waals surface area contributed by atoms with Crippen LogP contribution in [0.4, 0.5) is 19.0 Å². The molecule has 1 saturated heterocycles. The summed E-state index contributed by atoms with van der Waals surface area (Å²) in [5.74, 6) is 0.431. The summed E-state index contributed by atoms with van der Waals surface area (Å²) in [4.78, 5) is 32.0. The lowest BCUT2D eigenvalue weighted by molar-refractivity contribution is -0.138. The Labute approximate surface area is 147 Å². The molecule has 0 saturated carbocycles. The standard InChI is InChI=1S/C17H17F3N4O2/c18-17(19,20)13-4-5-15(25)24(11-13)12-16(26)23-9-7-22(8-10-23)14-3-1-2-6-21-14/h1-6,11H,7-10,12H2. The third-order valence-electron chi connectivity index (χ3n) is 4.22. The first-order valence-corrected chi connectivity index (χ1v) is 8.06. The number of anilines is 1. The number of hydrogen-bond acceptors (Lipinski definition) is 4. The molecule has 1 aliphatic heterocycles. The van der Waals surface area contributed by atoms with Gasteiger partial charge in [-0.3, -0.25) is 9.59 Å². The summed E-state index contributed by atoms with van der Waals surface area (Å²) in [7, 11) is 0. The fourth-order valence-electron chi connectivity index (χ4n) is 2.79. The number of alkyl halides is 3. The molecule has 2 aromatic rings. The fourth-order valence-corrected chi connectivity index (χ4v) is 2.79. The van der Waals surface area contributed by atoms with E-state index in [4.69, 9.17) is 0 Å². The van der Waals surface area contributed by atoms with Crippen LogP contribution in [-0.2, 0) is 17.5 Å². The highest BCUT2D eigenvalue weighted by molar-refractivity contribution is 5.76. The lowest BCUT2D eigenvalue weighted by Crippen LogP contribution is -2.50. The van der Waals surface area contributed by atoms with Gasteiger partial charge >= 0.3 is 6.18 Å². The molecule has 9 heteroatoms. The third-order valence-corrected chi connectivity index (χ3v) is 4.22. The highest BCUT2D eigenvalue weighted by Gasteiger charge is 2.31. The lowest BCUT2D eigenvalue weighted by Gasteiger charge is -2.35. The molecular weight excluding hydrogens is 349 g/mol. The maximum Gasteiger partial charge on any atom is 0.417 e. The number of carbonyl (C=O) groups is 1. The van der Waals surface area contributed by atoms with Crippen molar-refractivity contribution < 1.29 is 18.0 Å². The minimum absolute atomic E-state index is 0.382. The van der Waals surface area contributed by atoms with Crippen LogP contribution in [0.5, 0.6) is 0 Å². The number of nitrogens with zero attached hydrogens (tertiary/aromatic N) is 4. The van der Waals surface area contributed by atoms with Gasteiger partial charge in [0, 0.05) is 44.6 Å². The Bertz CT molecular complexity index is 828. The number of carbonyl (C=O) groups excluding carboxylic acids is 1. The van der Waals surface area contributed by atoms with Crippen molar-refractivity contribution >= 4 is 11.7 Å². The van der Waals surface area contributed by atoms with Gasteiger partial charge in [0.2, 0.25) is 5.91 Å². The molecule has 0 N–H and O–H groups in total. The maximum atomic E-state index is 12.8. The van der Waals surface area contributed by atoms with Crippen molar-refractivity contribution in [2.24, 2.45) is 0 Å². The molecule has 138 valence electrons. The summed E-state index contributed by atoms with van der Waals surface area (Å²) in [6.45, 7) is 1.57. The maximum absolute atomic E-state index is 12.8. The van der Waals surface area contributed by atoms with E-state index < -0.39 is 23.8 Å². The predicted molar refractivity (Wildman–Crippen MR) is 88.7 cm³/mol. The molecule has 6 nitrogen and oxygen atoms in total. The minimum atomic E-state index is -4.56. The molecule has 0 aromatic carbocycles. The van der Waals surface area contributed by atoms with Crippen LogP contribution in [0.15, 0.2) is 47.5 Å². The second-order valence-corrected chi connectivity index (χ2v) is 5.94. The SMILES string of the molecule is O=C(Cn1cc(C(F)(F)F)ccc1=O)N1CCN(c2ccccn2)CC1. The number of hydrogen-bond donors (Lipinski definition) is 0. The van der Waals surface area contributed by atoms with E-state index in [1.54, 1.807) is 11.1 Å². The van der Waals surface area contributed by atoms with Gasteiger partial charge in [0.25, 0.3) is 5.56 Å². The first-order valence-electron chi connectivity index (χ1n) is 8.06. The van der Waals surface area contributed by atoms with Gasteiger partial charge in [-0.2, -0.15) is 13.2 Å². The van der Waals surface area contributed by atoms with E-state index in [1.165, 1.54) is 0 Å². The van der Waals surface area contributed by atoms with Gasteiger partial charge < -0.3 is 14.4 Å².